The van der Waals surface area contributed by atoms with Crippen LogP contribution in [0, 0.1) is 18.7 Å². The number of rotatable bonds is 3. The van der Waals surface area contributed by atoms with Gasteiger partial charge in [-0.15, -0.1) is 0 Å². The van der Waals surface area contributed by atoms with Crippen LogP contribution in [0.2, 0.25) is 5.02 Å². The van der Waals surface area contributed by atoms with Gasteiger partial charge in [0.2, 0.25) is 0 Å². The normalized spacial score (nSPS) is 17.2. The number of ketones is 1. The largest absolute Gasteiger partial charge is 0.294 e. The summed E-state index contributed by atoms with van der Waals surface area (Å²) in [5, 5.41) is 0.238. The Bertz CT molecular complexity index is 462. The first-order chi connectivity index (χ1) is 9.08. The molecule has 19 heavy (non-hydrogen) atoms. The van der Waals surface area contributed by atoms with Gasteiger partial charge in [0.05, 0.1) is 5.02 Å². The smallest absolute Gasteiger partial charge is 0.164 e. The van der Waals surface area contributed by atoms with Crippen molar-refractivity contribution in [2.45, 2.75) is 51.9 Å². The summed E-state index contributed by atoms with van der Waals surface area (Å²) < 4.78 is 13.3. The molecule has 1 aliphatic carbocycles. The fourth-order valence-electron chi connectivity index (χ4n) is 2.81. The van der Waals surface area contributed by atoms with E-state index in [0.717, 1.165) is 12.8 Å². The third kappa shape index (κ3) is 3.79. The molecule has 0 heterocycles. The third-order valence-corrected chi connectivity index (χ3v) is 4.31. The van der Waals surface area contributed by atoms with Crippen molar-refractivity contribution in [3.8, 4) is 0 Å². The van der Waals surface area contributed by atoms with Gasteiger partial charge in [-0.3, -0.25) is 4.79 Å². The molecule has 1 aliphatic rings. The predicted molar refractivity (Wildman–Crippen MR) is 76.3 cm³/mol. The van der Waals surface area contributed by atoms with E-state index in [1.54, 1.807) is 13.0 Å². The lowest BCUT2D eigenvalue weighted by Gasteiger charge is -2.13. The number of carbonyl (C=O) groups is 1. The van der Waals surface area contributed by atoms with Gasteiger partial charge in [0.15, 0.2) is 5.78 Å². The Labute approximate surface area is 119 Å². The van der Waals surface area contributed by atoms with E-state index in [4.69, 9.17) is 11.6 Å². The standard InChI is InChI=1S/C16H20ClFO/c1-11-8-13(14(17)10-15(11)18)16(19)9-12-6-4-2-3-5-7-12/h8,10,12H,2-7,9H2,1H3. The van der Waals surface area contributed by atoms with E-state index in [9.17, 15) is 9.18 Å². The van der Waals surface area contributed by atoms with Gasteiger partial charge >= 0.3 is 0 Å². The minimum Gasteiger partial charge on any atom is -0.294 e. The highest BCUT2D eigenvalue weighted by molar-refractivity contribution is 6.34. The number of hydrogen-bond acceptors (Lipinski definition) is 1. The Morgan fingerprint density at radius 2 is 1.89 bits per heavy atom. The average Bonchev–Trinajstić information content (AvgIpc) is 2.62. The second-order valence-corrected chi connectivity index (χ2v) is 5.97. The van der Waals surface area contributed by atoms with Gasteiger partial charge < -0.3 is 0 Å². The van der Waals surface area contributed by atoms with Crippen LogP contribution in [0.3, 0.4) is 0 Å². The summed E-state index contributed by atoms with van der Waals surface area (Å²) in [7, 11) is 0. The average molecular weight is 283 g/mol. The summed E-state index contributed by atoms with van der Waals surface area (Å²) in [5.41, 5.74) is 0.957. The van der Waals surface area contributed by atoms with Gasteiger partial charge in [-0.25, -0.2) is 4.39 Å². The number of Topliss-reactive ketones (excluding diaryl/α,β-unsaturated/α-hetero) is 1. The lowest BCUT2D eigenvalue weighted by Crippen LogP contribution is -2.09. The first-order valence-corrected chi connectivity index (χ1v) is 7.44. The van der Waals surface area contributed by atoms with Crippen molar-refractivity contribution >= 4 is 17.4 Å². The van der Waals surface area contributed by atoms with E-state index >= 15 is 0 Å². The van der Waals surface area contributed by atoms with Crippen LogP contribution in [0.25, 0.3) is 0 Å². The number of carbonyl (C=O) groups excluding carboxylic acids is 1. The molecule has 1 aromatic rings. The van der Waals surface area contributed by atoms with Gasteiger partial charge in [-0.2, -0.15) is 0 Å². The Morgan fingerprint density at radius 3 is 2.53 bits per heavy atom. The van der Waals surface area contributed by atoms with Crippen LogP contribution in [-0.4, -0.2) is 5.78 Å². The van der Waals surface area contributed by atoms with Crippen molar-refractivity contribution in [1.29, 1.82) is 0 Å². The van der Waals surface area contributed by atoms with Crippen LogP contribution < -0.4 is 0 Å². The summed E-state index contributed by atoms with van der Waals surface area (Å²) in [6.07, 6.45) is 7.79. The van der Waals surface area contributed by atoms with Gasteiger partial charge in [0, 0.05) is 12.0 Å². The van der Waals surface area contributed by atoms with Crippen LogP contribution in [0.5, 0.6) is 0 Å². The summed E-state index contributed by atoms with van der Waals surface area (Å²) in [6, 6.07) is 2.83. The maximum Gasteiger partial charge on any atom is 0.164 e. The molecule has 0 aliphatic heterocycles. The lowest BCUT2D eigenvalue weighted by molar-refractivity contribution is 0.0957. The number of hydrogen-bond donors (Lipinski definition) is 0. The molecule has 0 saturated heterocycles. The fraction of sp³-hybridized carbons (Fsp3) is 0.562. The minimum atomic E-state index is -0.351. The van der Waals surface area contributed by atoms with Crippen LogP contribution in [0.15, 0.2) is 12.1 Å². The van der Waals surface area contributed by atoms with E-state index < -0.39 is 0 Å². The molecule has 1 saturated carbocycles. The molecule has 0 N–H and O–H groups in total. The Balaban J connectivity index is 2.08. The molecule has 0 aromatic heterocycles. The topological polar surface area (TPSA) is 17.1 Å². The highest BCUT2D eigenvalue weighted by atomic mass is 35.5. The molecule has 0 bridgehead atoms. The molecule has 3 heteroatoms. The van der Waals surface area contributed by atoms with Crippen LogP contribution in [-0.2, 0) is 0 Å². The number of halogens is 2. The van der Waals surface area contributed by atoms with Crippen molar-refractivity contribution in [3.63, 3.8) is 0 Å². The molecule has 1 fully saturated rings. The van der Waals surface area contributed by atoms with Crippen LogP contribution >= 0.6 is 11.6 Å². The van der Waals surface area contributed by atoms with Crippen molar-refractivity contribution in [2.75, 3.05) is 0 Å². The third-order valence-electron chi connectivity index (χ3n) is 4.00. The molecule has 1 aromatic carbocycles. The second-order valence-electron chi connectivity index (χ2n) is 5.57. The van der Waals surface area contributed by atoms with E-state index in [2.05, 4.69) is 0 Å². The fourth-order valence-corrected chi connectivity index (χ4v) is 3.07. The maximum absolute atomic E-state index is 13.3. The van der Waals surface area contributed by atoms with E-state index in [1.165, 1.54) is 31.7 Å². The Morgan fingerprint density at radius 1 is 1.26 bits per heavy atom. The van der Waals surface area contributed by atoms with Crippen molar-refractivity contribution < 1.29 is 9.18 Å². The van der Waals surface area contributed by atoms with Crippen LogP contribution in [0.1, 0.15) is 60.9 Å². The molecule has 104 valence electrons. The first-order valence-electron chi connectivity index (χ1n) is 7.07. The summed E-state index contributed by atoms with van der Waals surface area (Å²) in [6.45, 7) is 1.66. The van der Waals surface area contributed by atoms with Gasteiger partial charge in [0.25, 0.3) is 0 Å². The SMILES string of the molecule is Cc1cc(C(=O)CC2CCCCCC2)c(Cl)cc1F. The molecule has 1 nitrogen and oxygen atoms in total. The Kier molecular flexibility index (Phi) is 4.98. The second kappa shape index (κ2) is 6.51. The maximum atomic E-state index is 13.3. The Hall–Kier alpha value is -0.890. The minimum absolute atomic E-state index is 0.0556. The van der Waals surface area contributed by atoms with E-state index in [1.807, 2.05) is 0 Å². The van der Waals surface area contributed by atoms with Gasteiger partial charge in [-0.1, -0.05) is 50.1 Å². The predicted octanol–water partition coefficient (Wildman–Crippen LogP) is 5.33. The van der Waals surface area contributed by atoms with Crippen molar-refractivity contribution in [1.82, 2.24) is 0 Å². The quantitative estimate of drug-likeness (QED) is 0.541. The highest BCUT2D eigenvalue weighted by Gasteiger charge is 2.19. The molecule has 0 radical (unpaired) electrons. The lowest BCUT2D eigenvalue weighted by atomic mass is 9.91. The zero-order valence-corrected chi connectivity index (χ0v) is 12.1. The molecule has 0 unspecified atom stereocenters. The van der Waals surface area contributed by atoms with Crippen molar-refractivity contribution in [3.05, 3.63) is 34.1 Å². The van der Waals surface area contributed by atoms with Crippen molar-refractivity contribution in [2.24, 2.45) is 5.92 Å². The monoisotopic (exact) mass is 282 g/mol. The molecule has 0 spiro atoms. The first kappa shape index (κ1) is 14.5. The summed E-state index contributed by atoms with van der Waals surface area (Å²) >= 11 is 5.99. The van der Waals surface area contributed by atoms with Crippen LogP contribution in [0.4, 0.5) is 4.39 Å². The molecular formula is C16H20ClFO. The van der Waals surface area contributed by atoms with E-state index in [0.29, 0.717) is 23.5 Å². The molecule has 0 amide bonds. The number of benzene rings is 1. The molecule has 0 atom stereocenters. The highest BCUT2D eigenvalue weighted by Crippen LogP contribution is 2.29. The molecule has 2 rings (SSSR count). The number of aryl methyl sites for hydroxylation is 1. The summed E-state index contributed by atoms with van der Waals surface area (Å²) in [4.78, 5) is 12.3. The zero-order valence-electron chi connectivity index (χ0n) is 11.3. The molecular weight excluding hydrogens is 263 g/mol. The van der Waals surface area contributed by atoms with Gasteiger partial charge in [-0.05, 0) is 30.5 Å². The van der Waals surface area contributed by atoms with E-state index in [-0.39, 0.29) is 16.6 Å². The zero-order chi connectivity index (χ0) is 13.8. The summed E-state index contributed by atoms with van der Waals surface area (Å²) in [5.74, 6) is 0.174. The van der Waals surface area contributed by atoms with Gasteiger partial charge in [0.1, 0.15) is 5.82 Å².